The zero-order valence-corrected chi connectivity index (χ0v) is 27.3. The standard InChI is InChI=1S/C33H55N3O4S/c1-9-18-34(19-10-2)28(38)25-24-16-17-33(41-24)26(25)29(39)35(21-14-12-13-15-22-37)27(33)30(40)36(20-11-3)32(7,8)23-31(4,5)6/h9,11,24-27,37H,1,3,10,12-23H2,2,4-8H3/t24-,25+,26+,27?,33?/m1/s1. The molecular formula is C33H55N3O4S. The number of likely N-dealkylation sites (tertiary alicyclic amines) is 1. The molecule has 1 N–H and O–H groups in total. The Hall–Kier alpha value is -1.80. The van der Waals surface area contributed by atoms with Gasteiger partial charge < -0.3 is 19.8 Å². The number of carbonyl (C=O) groups excluding carboxylic acids is 3. The summed E-state index contributed by atoms with van der Waals surface area (Å²) in [5.41, 5.74) is -0.430. The maximum atomic E-state index is 14.8. The van der Waals surface area contributed by atoms with E-state index in [1.54, 1.807) is 23.9 Å². The van der Waals surface area contributed by atoms with E-state index in [-0.39, 0.29) is 35.0 Å². The van der Waals surface area contributed by atoms with Crippen molar-refractivity contribution >= 4 is 29.5 Å². The molecule has 0 aromatic heterocycles. The third kappa shape index (κ3) is 6.90. The molecule has 3 amide bonds. The zero-order valence-electron chi connectivity index (χ0n) is 26.5. The molecule has 0 saturated carbocycles. The smallest absolute Gasteiger partial charge is 0.247 e. The largest absolute Gasteiger partial charge is 0.396 e. The van der Waals surface area contributed by atoms with Crippen LogP contribution in [0.1, 0.15) is 92.9 Å². The molecule has 7 nitrogen and oxygen atoms in total. The van der Waals surface area contributed by atoms with Crippen LogP contribution in [0.2, 0.25) is 0 Å². The topological polar surface area (TPSA) is 81.2 Å². The normalized spacial score (nSPS) is 27.2. The molecule has 3 rings (SSSR count). The average Bonchev–Trinajstić information content (AvgIpc) is 3.52. The third-order valence-electron chi connectivity index (χ3n) is 9.05. The second-order valence-corrected chi connectivity index (χ2v) is 15.7. The maximum Gasteiger partial charge on any atom is 0.247 e. The Morgan fingerprint density at radius 1 is 1.07 bits per heavy atom. The summed E-state index contributed by atoms with van der Waals surface area (Å²) in [6.07, 6.45) is 10.1. The molecule has 0 aromatic rings. The number of amides is 3. The number of hydrogen-bond acceptors (Lipinski definition) is 5. The summed E-state index contributed by atoms with van der Waals surface area (Å²) < 4.78 is -0.590. The highest BCUT2D eigenvalue weighted by molar-refractivity contribution is 8.02. The first kappa shape index (κ1) is 33.7. The summed E-state index contributed by atoms with van der Waals surface area (Å²) in [7, 11) is 0. The fraction of sp³-hybridized carbons (Fsp3) is 0.788. The van der Waals surface area contributed by atoms with Crippen LogP contribution in [0.15, 0.2) is 25.3 Å². The van der Waals surface area contributed by atoms with Crippen LogP contribution >= 0.6 is 11.8 Å². The molecule has 2 bridgehead atoms. The highest BCUT2D eigenvalue weighted by Crippen LogP contribution is 2.67. The van der Waals surface area contributed by atoms with E-state index in [1.807, 2.05) is 14.7 Å². The molecule has 0 aliphatic carbocycles. The molecule has 8 heteroatoms. The highest BCUT2D eigenvalue weighted by atomic mass is 32.2. The SMILES string of the molecule is C=CCN(CCC)C(=O)[C@@H]1[C@H]2C(=O)N(CCCCCCO)C(C(=O)N(CC=C)C(C)(C)CC(C)(C)C)C23CC[C@H]1S3. The zero-order chi connectivity index (χ0) is 30.6. The molecule has 0 aromatic carbocycles. The monoisotopic (exact) mass is 589 g/mol. The van der Waals surface area contributed by atoms with Crippen LogP contribution in [0.5, 0.6) is 0 Å². The van der Waals surface area contributed by atoms with Gasteiger partial charge in [-0.05, 0) is 57.8 Å². The first-order valence-corrected chi connectivity index (χ1v) is 16.6. The molecule has 41 heavy (non-hydrogen) atoms. The molecule has 3 fully saturated rings. The summed E-state index contributed by atoms with van der Waals surface area (Å²) in [6.45, 7) is 22.9. The molecule has 3 saturated heterocycles. The maximum absolute atomic E-state index is 14.8. The predicted molar refractivity (Wildman–Crippen MR) is 169 cm³/mol. The Labute approximate surface area is 253 Å². The Balaban J connectivity index is 2.03. The molecular weight excluding hydrogens is 534 g/mol. The second-order valence-electron chi connectivity index (χ2n) is 14.1. The number of aliphatic hydroxyl groups excluding tert-OH is 1. The predicted octanol–water partition coefficient (Wildman–Crippen LogP) is 5.28. The van der Waals surface area contributed by atoms with Crippen LogP contribution in [-0.4, -0.2) is 91.9 Å². The van der Waals surface area contributed by atoms with E-state index in [9.17, 15) is 19.5 Å². The molecule has 232 valence electrons. The fourth-order valence-corrected chi connectivity index (χ4v) is 10.1. The number of aliphatic hydroxyl groups is 1. The summed E-state index contributed by atoms with van der Waals surface area (Å²) in [6, 6.07) is -0.594. The van der Waals surface area contributed by atoms with Crippen molar-refractivity contribution < 1.29 is 19.5 Å². The number of carbonyl (C=O) groups is 3. The van der Waals surface area contributed by atoms with Crippen molar-refractivity contribution in [3.63, 3.8) is 0 Å². The lowest BCUT2D eigenvalue weighted by atomic mass is 9.70. The van der Waals surface area contributed by atoms with E-state index in [0.29, 0.717) is 26.2 Å². The second kappa shape index (κ2) is 13.7. The minimum absolute atomic E-state index is 0.00781. The quantitative estimate of drug-likeness (QED) is 0.196. The highest BCUT2D eigenvalue weighted by Gasteiger charge is 2.74. The van der Waals surface area contributed by atoms with E-state index in [1.165, 1.54) is 0 Å². The van der Waals surface area contributed by atoms with Crippen LogP contribution < -0.4 is 0 Å². The van der Waals surface area contributed by atoms with Crippen molar-refractivity contribution in [3.8, 4) is 0 Å². The van der Waals surface area contributed by atoms with Crippen LogP contribution in [0.3, 0.4) is 0 Å². The minimum Gasteiger partial charge on any atom is -0.396 e. The number of hydrogen-bond donors (Lipinski definition) is 1. The van der Waals surface area contributed by atoms with E-state index in [4.69, 9.17) is 0 Å². The van der Waals surface area contributed by atoms with Gasteiger partial charge in [-0.25, -0.2) is 0 Å². The van der Waals surface area contributed by atoms with E-state index in [0.717, 1.165) is 51.4 Å². The Morgan fingerprint density at radius 3 is 2.32 bits per heavy atom. The van der Waals surface area contributed by atoms with Gasteiger partial charge in [0.05, 0.1) is 16.6 Å². The summed E-state index contributed by atoms with van der Waals surface area (Å²) in [5.74, 6) is -0.886. The van der Waals surface area contributed by atoms with Crippen molar-refractivity contribution in [1.29, 1.82) is 0 Å². The van der Waals surface area contributed by atoms with Gasteiger partial charge in [0.2, 0.25) is 17.7 Å². The summed E-state index contributed by atoms with van der Waals surface area (Å²) in [4.78, 5) is 48.9. The van der Waals surface area contributed by atoms with Crippen LogP contribution in [0, 0.1) is 17.3 Å². The third-order valence-corrected chi connectivity index (χ3v) is 11.0. The van der Waals surface area contributed by atoms with Gasteiger partial charge in [0.1, 0.15) is 6.04 Å². The van der Waals surface area contributed by atoms with Gasteiger partial charge in [-0.3, -0.25) is 14.4 Å². The number of rotatable bonds is 16. The van der Waals surface area contributed by atoms with Gasteiger partial charge in [0.25, 0.3) is 0 Å². The van der Waals surface area contributed by atoms with Crippen LogP contribution in [0.25, 0.3) is 0 Å². The first-order chi connectivity index (χ1) is 19.3. The lowest BCUT2D eigenvalue weighted by Crippen LogP contribution is -2.60. The van der Waals surface area contributed by atoms with Gasteiger partial charge in [0, 0.05) is 43.6 Å². The molecule has 5 atom stereocenters. The van der Waals surface area contributed by atoms with Crippen LogP contribution in [0.4, 0.5) is 0 Å². The lowest BCUT2D eigenvalue weighted by molar-refractivity contribution is -0.147. The number of unbranched alkanes of at least 4 members (excludes halogenated alkanes) is 3. The van der Waals surface area contributed by atoms with Gasteiger partial charge in [-0.2, -0.15) is 0 Å². The number of thioether (sulfide) groups is 1. The van der Waals surface area contributed by atoms with Crippen molar-refractivity contribution in [3.05, 3.63) is 25.3 Å². The molecule has 3 aliphatic heterocycles. The van der Waals surface area contributed by atoms with Crippen molar-refractivity contribution in [1.82, 2.24) is 14.7 Å². The lowest BCUT2D eigenvalue weighted by Gasteiger charge is -2.46. The van der Waals surface area contributed by atoms with Crippen molar-refractivity contribution in [2.24, 2.45) is 17.3 Å². The van der Waals surface area contributed by atoms with Gasteiger partial charge in [-0.15, -0.1) is 24.9 Å². The van der Waals surface area contributed by atoms with Crippen molar-refractivity contribution in [2.45, 2.75) is 114 Å². The van der Waals surface area contributed by atoms with Gasteiger partial charge in [0.15, 0.2) is 0 Å². The molecule has 3 aliphatic rings. The van der Waals surface area contributed by atoms with E-state index in [2.05, 4.69) is 54.7 Å². The molecule has 2 unspecified atom stereocenters. The Kier molecular flexibility index (Phi) is 11.2. The summed E-state index contributed by atoms with van der Waals surface area (Å²) in [5, 5.41) is 9.27. The fourth-order valence-electron chi connectivity index (χ4n) is 7.94. The van der Waals surface area contributed by atoms with E-state index < -0.39 is 28.2 Å². The molecule has 1 spiro atoms. The van der Waals surface area contributed by atoms with Gasteiger partial charge in [-0.1, -0.05) is 52.7 Å². The van der Waals surface area contributed by atoms with E-state index >= 15 is 0 Å². The first-order valence-electron chi connectivity index (χ1n) is 15.7. The molecule has 0 radical (unpaired) electrons. The molecule has 3 heterocycles. The van der Waals surface area contributed by atoms with Crippen molar-refractivity contribution in [2.75, 3.05) is 32.8 Å². The summed E-state index contributed by atoms with van der Waals surface area (Å²) >= 11 is 1.75. The average molecular weight is 590 g/mol. The Bertz CT molecular complexity index is 976. The van der Waals surface area contributed by atoms with Crippen LogP contribution in [-0.2, 0) is 14.4 Å². The number of fused-ring (bicyclic) bond motifs is 1. The minimum atomic E-state index is -0.594. The Morgan fingerprint density at radius 2 is 1.73 bits per heavy atom. The van der Waals surface area contributed by atoms with Gasteiger partial charge >= 0.3 is 0 Å². The number of nitrogens with zero attached hydrogens (tertiary/aromatic N) is 3.